The summed E-state index contributed by atoms with van der Waals surface area (Å²) in [6.07, 6.45) is 3.87. The second-order valence-corrected chi connectivity index (χ2v) is 9.08. The van der Waals surface area contributed by atoms with Crippen LogP contribution in [-0.4, -0.2) is 16.4 Å². The van der Waals surface area contributed by atoms with Crippen LogP contribution in [0.25, 0.3) is 0 Å². The zero-order chi connectivity index (χ0) is 24.8. The minimum absolute atomic E-state index is 0. The molecule has 0 aliphatic rings. The Morgan fingerprint density at radius 2 is 0.895 bits per heavy atom. The molecule has 0 atom stereocenters. The molecule has 7 heteroatoms. The number of nitrogens with zero attached hydrogens (tertiary/aromatic N) is 3. The van der Waals surface area contributed by atoms with Gasteiger partial charge in [-0.3, -0.25) is 9.98 Å². The normalized spacial score (nSPS) is 11.1. The molecule has 3 nitrogen and oxygen atoms in total. The maximum absolute atomic E-state index is 5.08. The Balaban J connectivity index is 0. The van der Waals surface area contributed by atoms with E-state index in [-0.39, 0.29) is 55.8 Å². The molecular weight excluding hydrogens is 572 g/mol. The molecule has 0 radical (unpaired) electrons. The topological polar surface area (TPSA) is 37.6 Å². The van der Waals surface area contributed by atoms with Gasteiger partial charge in [-0.2, -0.15) is 0 Å². The molecule has 38 heavy (non-hydrogen) atoms. The molecule has 0 bridgehead atoms. The summed E-state index contributed by atoms with van der Waals surface area (Å²) in [7, 11) is 0. The van der Waals surface area contributed by atoms with Crippen LogP contribution >= 0.6 is 0 Å². The number of halogens is 3. The number of hydrogen-bond donors (Lipinski definition) is 0. The van der Waals surface area contributed by atoms with Gasteiger partial charge in [0.25, 0.3) is 0 Å². The molecule has 0 fully saturated rings. The smallest absolute Gasteiger partial charge is 1.00 e. The minimum Gasteiger partial charge on any atom is -1.00 e. The summed E-state index contributed by atoms with van der Waals surface area (Å²) in [4.78, 5) is 15.1. The van der Waals surface area contributed by atoms with Gasteiger partial charge in [0.05, 0.1) is 34.2 Å². The van der Waals surface area contributed by atoms with E-state index in [0.29, 0.717) is 0 Å². The number of benzene rings is 2. The molecule has 1 heterocycles. The minimum atomic E-state index is 0. The maximum atomic E-state index is 5.08. The van der Waals surface area contributed by atoms with Crippen molar-refractivity contribution in [2.45, 2.75) is 81.1 Å². The first kappa shape index (κ1) is 38.5. The van der Waals surface area contributed by atoms with Gasteiger partial charge in [-0.15, -0.1) is 0 Å². The van der Waals surface area contributed by atoms with Crippen LogP contribution < -0.4 is 37.2 Å². The molecule has 0 aliphatic carbocycles. The van der Waals surface area contributed by atoms with Crippen LogP contribution in [0.3, 0.4) is 0 Å². The molecule has 0 saturated heterocycles. The first-order chi connectivity index (χ1) is 16.3. The SMILES string of the molecule is CCc1cc(C)cc(CC)c1N=C(C)c1cccc(C(C)=Nc2c(CC)cc(C)cc2CC)n1.[Cl-].[Cl-].[Cl-].[V+3]. The standard InChI is InChI=1S/C31H39N3.3ClH.V/c1-9-24-16-20(5)17-25(10-2)30(24)32-22(7)28-14-13-15-29(34-28)23(8)33-31-26(11-3)18-21(6)19-27(31)12-4;;;;/h13-19H,9-12H2,1-8H3;3*1H;/q;;;;+3/p-3. The number of pyridine rings is 1. The van der Waals surface area contributed by atoms with Crippen LogP contribution in [-0.2, 0) is 44.2 Å². The molecule has 1 aromatic heterocycles. The Labute approximate surface area is 260 Å². The maximum Gasteiger partial charge on any atom is 3.00 e. The van der Waals surface area contributed by atoms with Gasteiger partial charge in [-0.1, -0.05) is 69.2 Å². The van der Waals surface area contributed by atoms with Crippen molar-refractivity contribution in [1.29, 1.82) is 0 Å². The average Bonchev–Trinajstić information content (AvgIpc) is 2.85. The van der Waals surface area contributed by atoms with E-state index in [1.807, 2.05) is 12.1 Å². The summed E-state index contributed by atoms with van der Waals surface area (Å²) in [5, 5.41) is 0. The first-order valence-corrected chi connectivity index (χ1v) is 12.6. The van der Waals surface area contributed by atoms with E-state index in [9.17, 15) is 0 Å². The fraction of sp³-hybridized carbons (Fsp3) is 0.387. The molecule has 0 spiro atoms. The van der Waals surface area contributed by atoms with Crippen LogP contribution in [0.1, 0.15) is 86.3 Å². The van der Waals surface area contributed by atoms with Gasteiger partial charge < -0.3 is 37.2 Å². The summed E-state index contributed by atoms with van der Waals surface area (Å²) in [5.74, 6) is 0. The van der Waals surface area contributed by atoms with Gasteiger partial charge >= 0.3 is 18.6 Å². The fourth-order valence-corrected chi connectivity index (χ4v) is 4.52. The number of hydrogen-bond acceptors (Lipinski definition) is 3. The van der Waals surface area contributed by atoms with Crippen molar-refractivity contribution in [1.82, 2.24) is 4.98 Å². The molecule has 0 unspecified atom stereocenters. The van der Waals surface area contributed by atoms with Crippen LogP contribution in [0.15, 0.2) is 52.4 Å². The molecule has 0 saturated carbocycles. The van der Waals surface area contributed by atoms with Gasteiger partial charge in [0, 0.05) is 0 Å². The monoisotopic (exact) mass is 609 g/mol. The van der Waals surface area contributed by atoms with E-state index in [1.165, 1.54) is 33.4 Å². The number of aryl methyl sites for hydroxylation is 6. The van der Waals surface area contributed by atoms with Crippen molar-refractivity contribution >= 4 is 22.8 Å². The predicted octanol–water partition coefficient (Wildman–Crippen LogP) is -0.761. The summed E-state index contributed by atoms with van der Waals surface area (Å²) in [5.41, 5.74) is 13.6. The van der Waals surface area contributed by atoms with Gasteiger partial charge in [-0.05, 0) is 87.8 Å². The average molecular weight is 611 g/mol. The largest absolute Gasteiger partial charge is 3.00 e. The number of rotatable bonds is 8. The Kier molecular flexibility index (Phi) is 18.1. The Morgan fingerprint density at radius 1 is 0.605 bits per heavy atom. The quantitative estimate of drug-likeness (QED) is 0.309. The van der Waals surface area contributed by atoms with Gasteiger partial charge in [0.1, 0.15) is 0 Å². The van der Waals surface area contributed by atoms with Crippen LogP contribution in [0, 0.1) is 13.8 Å². The van der Waals surface area contributed by atoms with Gasteiger partial charge in [-0.25, -0.2) is 4.98 Å². The predicted molar refractivity (Wildman–Crippen MR) is 148 cm³/mol. The number of aromatic nitrogens is 1. The molecule has 0 amide bonds. The summed E-state index contributed by atoms with van der Waals surface area (Å²) in [6, 6.07) is 15.2. The zero-order valence-corrected chi connectivity index (χ0v) is 27.5. The van der Waals surface area contributed by atoms with E-state index in [1.54, 1.807) is 0 Å². The van der Waals surface area contributed by atoms with E-state index in [2.05, 4.69) is 85.7 Å². The van der Waals surface area contributed by atoms with E-state index < -0.39 is 0 Å². The van der Waals surface area contributed by atoms with Crippen molar-refractivity contribution in [3.8, 4) is 0 Å². The van der Waals surface area contributed by atoms with Crippen LogP contribution in [0.5, 0.6) is 0 Å². The molecule has 0 N–H and O–H groups in total. The molecule has 3 rings (SSSR count). The van der Waals surface area contributed by atoms with Crippen molar-refractivity contribution in [3.63, 3.8) is 0 Å². The second kappa shape index (κ2) is 17.9. The Hall–Kier alpha value is -1.62. The van der Waals surface area contributed by atoms with E-state index in [0.717, 1.165) is 59.9 Å². The van der Waals surface area contributed by atoms with Crippen molar-refractivity contribution < 1.29 is 55.8 Å². The van der Waals surface area contributed by atoms with Gasteiger partial charge in [0.15, 0.2) is 0 Å². The molecule has 0 aliphatic heterocycles. The summed E-state index contributed by atoms with van der Waals surface area (Å²) in [6.45, 7) is 17.2. The van der Waals surface area contributed by atoms with Crippen LogP contribution in [0.2, 0.25) is 0 Å². The van der Waals surface area contributed by atoms with E-state index in [4.69, 9.17) is 15.0 Å². The zero-order valence-electron chi connectivity index (χ0n) is 23.8. The number of aliphatic imine (C=N–C) groups is 2. The second-order valence-electron chi connectivity index (χ2n) is 9.08. The van der Waals surface area contributed by atoms with Crippen molar-refractivity contribution in [3.05, 3.63) is 87.2 Å². The molecule has 204 valence electrons. The Bertz CT molecular complexity index is 1110. The third-order valence-electron chi connectivity index (χ3n) is 6.40. The first-order valence-electron chi connectivity index (χ1n) is 12.6. The van der Waals surface area contributed by atoms with Crippen LogP contribution in [0.4, 0.5) is 11.4 Å². The van der Waals surface area contributed by atoms with E-state index >= 15 is 0 Å². The third-order valence-corrected chi connectivity index (χ3v) is 6.40. The molecular formula is C31H39Cl3N3V. The Morgan fingerprint density at radius 3 is 1.16 bits per heavy atom. The third kappa shape index (κ3) is 9.24. The molecule has 2 aromatic carbocycles. The van der Waals surface area contributed by atoms with Crippen molar-refractivity contribution in [2.75, 3.05) is 0 Å². The van der Waals surface area contributed by atoms with Gasteiger partial charge in [0.2, 0.25) is 0 Å². The summed E-state index contributed by atoms with van der Waals surface area (Å²) < 4.78 is 0. The summed E-state index contributed by atoms with van der Waals surface area (Å²) >= 11 is 0. The fourth-order valence-electron chi connectivity index (χ4n) is 4.52. The molecule has 3 aromatic rings. The van der Waals surface area contributed by atoms with Crippen molar-refractivity contribution in [2.24, 2.45) is 9.98 Å².